The lowest BCUT2D eigenvalue weighted by Crippen LogP contribution is -2.41. The first kappa shape index (κ1) is 32.5. The van der Waals surface area contributed by atoms with E-state index in [1.165, 1.54) is 12.1 Å². The molecule has 0 aliphatic carbocycles. The monoisotopic (exact) mass is 615 g/mol. The molecular weight excluding hydrogens is 575 g/mol. The first-order valence-corrected chi connectivity index (χ1v) is 15.9. The van der Waals surface area contributed by atoms with Gasteiger partial charge in [0.1, 0.15) is 0 Å². The number of nitrogens with one attached hydrogen (secondary N) is 2. The Kier molecular flexibility index (Phi) is 9.32. The SMILES string of the molecule is Cc1cc(C(C)(C)C)cc(S(=O)(=O)Nc2ccc(C(=O)NCC3CCCN(C)C3c3ccc(C(F)(F)F)cc3)cc2)c1C. The van der Waals surface area contributed by atoms with Crippen molar-refractivity contribution in [2.75, 3.05) is 24.9 Å². The second kappa shape index (κ2) is 12.3. The van der Waals surface area contributed by atoms with E-state index in [4.69, 9.17) is 0 Å². The molecule has 10 heteroatoms. The normalized spacial score (nSPS) is 18.3. The highest BCUT2D eigenvalue weighted by atomic mass is 32.2. The van der Waals surface area contributed by atoms with Gasteiger partial charge in [0.25, 0.3) is 15.9 Å². The molecule has 0 bridgehead atoms. The Hall–Kier alpha value is -3.37. The minimum Gasteiger partial charge on any atom is -0.352 e. The number of hydrogen-bond donors (Lipinski definition) is 2. The van der Waals surface area contributed by atoms with Crippen LogP contribution < -0.4 is 10.0 Å². The first-order valence-electron chi connectivity index (χ1n) is 14.4. The highest BCUT2D eigenvalue weighted by Crippen LogP contribution is 2.37. The molecule has 0 saturated carbocycles. The van der Waals surface area contributed by atoms with Crippen molar-refractivity contribution in [2.45, 2.75) is 70.0 Å². The van der Waals surface area contributed by atoms with Gasteiger partial charge in [-0.25, -0.2) is 8.42 Å². The van der Waals surface area contributed by atoms with Crippen LogP contribution in [-0.4, -0.2) is 39.4 Å². The second-order valence-corrected chi connectivity index (χ2v) is 14.2. The van der Waals surface area contributed by atoms with Crippen LogP contribution in [0.25, 0.3) is 0 Å². The largest absolute Gasteiger partial charge is 0.416 e. The fraction of sp³-hybridized carbons (Fsp3) is 0.424. The lowest BCUT2D eigenvalue weighted by Gasteiger charge is -2.39. The summed E-state index contributed by atoms with van der Waals surface area (Å²) in [6.45, 7) is 11.0. The van der Waals surface area contributed by atoms with E-state index in [1.54, 1.807) is 37.3 Å². The van der Waals surface area contributed by atoms with Crippen LogP contribution in [0.5, 0.6) is 0 Å². The third-order valence-corrected chi connectivity index (χ3v) is 9.79. The molecule has 1 aliphatic rings. The van der Waals surface area contributed by atoms with Crippen LogP contribution in [0.1, 0.15) is 77.8 Å². The van der Waals surface area contributed by atoms with Crippen LogP contribution in [0, 0.1) is 19.8 Å². The minimum absolute atomic E-state index is 0.0149. The van der Waals surface area contributed by atoms with Crippen molar-refractivity contribution in [1.29, 1.82) is 0 Å². The topological polar surface area (TPSA) is 78.5 Å². The number of piperidine rings is 1. The summed E-state index contributed by atoms with van der Waals surface area (Å²) >= 11 is 0. The summed E-state index contributed by atoms with van der Waals surface area (Å²) in [4.78, 5) is 15.3. The lowest BCUT2D eigenvalue weighted by atomic mass is 9.84. The van der Waals surface area contributed by atoms with Gasteiger partial charge in [0.15, 0.2) is 0 Å². The van der Waals surface area contributed by atoms with Gasteiger partial charge in [0.2, 0.25) is 0 Å². The van der Waals surface area contributed by atoms with Crippen molar-refractivity contribution < 1.29 is 26.4 Å². The Morgan fingerprint density at radius 2 is 1.58 bits per heavy atom. The molecule has 3 aromatic rings. The number of halogens is 3. The molecule has 2 unspecified atom stereocenters. The molecule has 0 spiro atoms. The zero-order valence-electron chi connectivity index (χ0n) is 25.5. The highest BCUT2D eigenvalue weighted by Gasteiger charge is 2.33. The molecule has 0 aromatic heterocycles. The van der Waals surface area contributed by atoms with E-state index < -0.39 is 21.8 Å². The standard InChI is InChI=1S/C33H40F3N3O3S/c1-21-18-27(32(3,4)5)19-29(22(21)2)43(41,42)38-28-15-11-24(12-16-28)31(40)37-20-25-8-7-17-39(6)30(25)23-9-13-26(14-10-23)33(34,35)36/h9-16,18-19,25,30,38H,7-8,17,20H2,1-6H3,(H,37,40). The Morgan fingerprint density at radius 1 is 0.953 bits per heavy atom. The van der Waals surface area contributed by atoms with Crippen molar-refractivity contribution in [3.8, 4) is 0 Å². The maximum Gasteiger partial charge on any atom is 0.416 e. The van der Waals surface area contributed by atoms with E-state index in [2.05, 4.69) is 14.9 Å². The molecule has 1 fully saturated rings. The molecule has 1 saturated heterocycles. The summed E-state index contributed by atoms with van der Waals surface area (Å²) in [6.07, 6.45) is -2.65. The summed E-state index contributed by atoms with van der Waals surface area (Å²) < 4.78 is 68.5. The number of nitrogens with zero attached hydrogens (tertiary/aromatic N) is 1. The number of sulfonamides is 1. The van der Waals surface area contributed by atoms with E-state index >= 15 is 0 Å². The smallest absolute Gasteiger partial charge is 0.352 e. The van der Waals surface area contributed by atoms with E-state index in [1.807, 2.05) is 40.8 Å². The van der Waals surface area contributed by atoms with Gasteiger partial charge in [-0.15, -0.1) is 0 Å². The van der Waals surface area contributed by atoms with Crippen LogP contribution in [0.4, 0.5) is 18.9 Å². The number of anilines is 1. The number of rotatable bonds is 7. The van der Waals surface area contributed by atoms with Crippen LogP contribution >= 0.6 is 0 Å². The van der Waals surface area contributed by atoms with Gasteiger partial charge in [-0.3, -0.25) is 14.4 Å². The van der Waals surface area contributed by atoms with Gasteiger partial charge in [0.05, 0.1) is 10.5 Å². The van der Waals surface area contributed by atoms with Gasteiger partial charge < -0.3 is 5.32 Å². The van der Waals surface area contributed by atoms with Crippen molar-refractivity contribution in [1.82, 2.24) is 10.2 Å². The molecule has 1 heterocycles. The Bertz CT molecular complexity index is 1560. The Morgan fingerprint density at radius 3 is 2.16 bits per heavy atom. The van der Waals surface area contributed by atoms with Crippen LogP contribution in [0.2, 0.25) is 0 Å². The Labute approximate surface area is 252 Å². The van der Waals surface area contributed by atoms with Crippen molar-refractivity contribution in [3.05, 3.63) is 94.0 Å². The van der Waals surface area contributed by atoms with Gasteiger partial charge in [-0.2, -0.15) is 13.2 Å². The van der Waals surface area contributed by atoms with Gasteiger partial charge in [0, 0.05) is 23.8 Å². The lowest BCUT2D eigenvalue weighted by molar-refractivity contribution is -0.137. The number of alkyl halides is 3. The highest BCUT2D eigenvalue weighted by molar-refractivity contribution is 7.92. The van der Waals surface area contributed by atoms with Crippen molar-refractivity contribution >= 4 is 21.6 Å². The van der Waals surface area contributed by atoms with E-state index in [-0.39, 0.29) is 28.2 Å². The number of carbonyl (C=O) groups excluding carboxylic acids is 1. The third-order valence-electron chi connectivity index (χ3n) is 8.29. The molecule has 0 radical (unpaired) electrons. The number of benzene rings is 3. The quantitative estimate of drug-likeness (QED) is 0.294. The Balaban J connectivity index is 1.44. The molecular formula is C33H40F3N3O3S. The summed E-state index contributed by atoms with van der Waals surface area (Å²) in [5.74, 6) is -0.292. The molecule has 1 aliphatic heterocycles. The fourth-order valence-corrected chi connectivity index (χ4v) is 7.04. The van der Waals surface area contributed by atoms with Gasteiger partial charge in [-0.05, 0) is 116 Å². The summed E-state index contributed by atoms with van der Waals surface area (Å²) in [6, 6.07) is 15.1. The number of carbonyl (C=O) groups is 1. The number of aryl methyl sites for hydroxylation is 1. The second-order valence-electron chi connectivity index (χ2n) is 12.5. The maximum absolute atomic E-state index is 13.3. The molecule has 43 heavy (non-hydrogen) atoms. The minimum atomic E-state index is -4.39. The molecule has 4 rings (SSSR count). The molecule has 3 aromatic carbocycles. The first-order chi connectivity index (χ1) is 20.0. The maximum atomic E-state index is 13.3. The van der Waals surface area contributed by atoms with Crippen molar-refractivity contribution in [2.24, 2.45) is 5.92 Å². The number of likely N-dealkylation sites (tertiary alicyclic amines) is 1. The summed E-state index contributed by atoms with van der Waals surface area (Å²) in [7, 11) is -1.93. The number of hydrogen-bond acceptors (Lipinski definition) is 4. The predicted octanol–water partition coefficient (Wildman–Crippen LogP) is 7.23. The zero-order valence-corrected chi connectivity index (χ0v) is 26.3. The molecule has 6 nitrogen and oxygen atoms in total. The predicted molar refractivity (Wildman–Crippen MR) is 164 cm³/mol. The molecule has 2 atom stereocenters. The summed E-state index contributed by atoms with van der Waals surface area (Å²) in [5, 5.41) is 2.97. The van der Waals surface area contributed by atoms with Crippen LogP contribution in [0.3, 0.4) is 0 Å². The van der Waals surface area contributed by atoms with Crippen LogP contribution in [0.15, 0.2) is 65.6 Å². The fourth-order valence-electron chi connectivity index (χ4n) is 5.63. The molecule has 232 valence electrons. The summed E-state index contributed by atoms with van der Waals surface area (Å²) in [5.41, 5.74) is 3.09. The van der Waals surface area contributed by atoms with Crippen molar-refractivity contribution in [3.63, 3.8) is 0 Å². The molecule has 1 amide bonds. The van der Waals surface area contributed by atoms with E-state index in [0.29, 0.717) is 23.4 Å². The van der Waals surface area contributed by atoms with Gasteiger partial charge >= 0.3 is 6.18 Å². The third kappa shape index (κ3) is 7.59. The average molecular weight is 616 g/mol. The molecule has 2 N–H and O–H groups in total. The van der Waals surface area contributed by atoms with Gasteiger partial charge in [-0.1, -0.05) is 39.0 Å². The zero-order chi connectivity index (χ0) is 31.7. The van der Waals surface area contributed by atoms with E-state index in [9.17, 15) is 26.4 Å². The average Bonchev–Trinajstić information content (AvgIpc) is 2.92. The van der Waals surface area contributed by atoms with Crippen LogP contribution in [-0.2, 0) is 21.6 Å². The number of amides is 1. The van der Waals surface area contributed by atoms with E-state index in [0.717, 1.165) is 48.2 Å².